The molecule has 0 radical (unpaired) electrons. The van der Waals surface area contributed by atoms with Gasteiger partial charge in [-0.2, -0.15) is 0 Å². The molecule has 0 saturated carbocycles. The second-order valence-corrected chi connectivity index (χ2v) is 7.51. The van der Waals surface area contributed by atoms with Crippen molar-refractivity contribution < 1.29 is 19.1 Å². The van der Waals surface area contributed by atoms with Crippen molar-refractivity contribution in [2.24, 2.45) is 0 Å². The van der Waals surface area contributed by atoms with Crippen LogP contribution in [0.5, 0.6) is 11.5 Å². The fourth-order valence-corrected chi connectivity index (χ4v) is 3.80. The Morgan fingerprint density at radius 2 is 1.67 bits per heavy atom. The fourth-order valence-electron chi connectivity index (χ4n) is 3.80. The summed E-state index contributed by atoms with van der Waals surface area (Å²) in [6.07, 6.45) is 4.46. The van der Waals surface area contributed by atoms with Gasteiger partial charge >= 0.3 is 0 Å². The number of fused-ring (bicyclic) bond motifs is 1. The molecule has 0 aliphatic heterocycles. The molecule has 1 aliphatic carbocycles. The Kier molecular flexibility index (Phi) is 7.89. The molecule has 0 unspecified atom stereocenters. The van der Waals surface area contributed by atoms with E-state index in [4.69, 9.17) is 9.47 Å². The molecule has 1 aliphatic rings. The Morgan fingerprint density at radius 1 is 0.900 bits per heavy atom. The number of aryl methyl sites for hydroxylation is 2. The van der Waals surface area contributed by atoms with Crippen LogP contribution in [-0.4, -0.2) is 31.4 Å². The zero-order chi connectivity index (χ0) is 21.3. The van der Waals surface area contributed by atoms with Gasteiger partial charge in [-0.15, -0.1) is 0 Å². The molecule has 0 heterocycles. The van der Waals surface area contributed by atoms with Gasteiger partial charge < -0.3 is 14.8 Å². The van der Waals surface area contributed by atoms with Gasteiger partial charge in [-0.05, 0) is 74.4 Å². The lowest BCUT2D eigenvalue weighted by molar-refractivity contribution is -0.121. The summed E-state index contributed by atoms with van der Waals surface area (Å²) in [5.41, 5.74) is 4.43. The van der Waals surface area contributed by atoms with Gasteiger partial charge in [0.05, 0.1) is 13.2 Å². The summed E-state index contributed by atoms with van der Waals surface area (Å²) >= 11 is 0. The lowest BCUT2D eigenvalue weighted by Crippen LogP contribution is -2.26. The van der Waals surface area contributed by atoms with E-state index >= 15 is 0 Å². The van der Waals surface area contributed by atoms with E-state index in [1.54, 1.807) is 0 Å². The lowest BCUT2D eigenvalue weighted by Gasteiger charge is -2.12. The number of nitrogens with one attached hydrogen (secondary N) is 1. The number of hydrogen-bond acceptors (Lipinski definition) is 4. The van der Waals surface area contributed by atoms with Gasteiger partial charge in [0.25, 0.3) is 0 Å². The zero-order valence-corrected chi connectivity index (χ0v) is 18.0. The average Bonchev–Trinajstić information content (AvgIpc) is 3.22. The van der Waals surface area contributed by atoms with E-state index in [1.165, 1.54) is 11.1 Å². The lowest BCUT2D eigenvalue weighted by atomic mass is 10.0. The first-order valence-electron chi connectivity index (χ1n) is 10.9. The number of amides is 1. The number of hydrogen-bond donors (Lipinski definition) is 1. The second-order valence-electron chi connectivity index (χ2n) is 7.51. The third-order valence-corrected chi connectivity index (χ3v) is 5.34. The first kappa shape index (κ1) is 21.9. The second kappa shape index (κ2) is 10.8. The highest BCUT2D eigenvalue weighted by atomic mass is 16.5. The Bertz CT molecular complexity index is 891. The maximum atomic E-state index is 12.4. The van der Waals surface area contributed by atoms with Crippen LogP contribution in [0.1, 0.15) is 60.2 Å². The predicted octanol–water partition coefficient (Wildman–Crippen LogP) is 4.29. The minimum Gasteiger partial charge on any atom is -0.490 e. The highest BCUT2D eigenvalue weighted by Gasteiger charge is 2.15. The third-order valence-electron chi connectivity index (χ3n) is 5.34. The van der Waals surface area contributed by atoms with Crippen molar-refractivity contribution in [2.75, 3.05) is 19.8 Å². The average molecular weight is 410 g/mol. The van der Waals surface area contributed by atoms with Crippen molar-refractivity contribution in [1.29, 1.82) is 0 Å². The first-order chi connectivity index (χ1) is 14.6. The summed E-state index contributed by atoms with van der Waals surface area (Å²) in [6.45, 7) is 5.55. The summed E-state index contributed by atoms with van der Waals surface area (Å²) in [6, 6.07) is 11.8. The molecule has 0 spiro atoms. The largest absolute Gasteiger partial charge is 0.490 e. The molecule has 160 valence electrons. The molecule has 0 fully saturated rings. The molecule has 0 saturated heterocycles. The highest BCUT2D eigenvalue weighted by Crippen LogP contribution is 2.28. The summed E-state index contributed by atoms with van der Waals surface area (Å²) in [5, 5.41) is 2.91. The summed E-state index contributed by atoms with van der Waals surface area (Å²) in [7, 11) is 0. The number of benzene rings is 2. The van der Waals surface area contributed by atoms with E-state index in [0.29, 0.717) is 26.2 Å². The quantitative estimate of drug-likeness (QED) is 0.562. The minimum absolute atomic E-state index is 0.0349. The van der Waals surface area contributed by atoms with Crippen molar-refractivity contribution in [3.63, 3.8) is 0 Å². The van der Waals surface area contributed by atoms with Crippen molar-refractivity contribution in [3.05, 3.63) is 58.7 Å². The molecule has 5 nitrogen and oxygen atoms in total. The van der Waals surface area contributed by atoms with E-state index in [-0.39, 0.29) is 24.5 Å². The molecule has 5 heteroatoms. The first-order valence-corrected chi connectivity index (χ1v) is 10.9. The molecule has 2 aromatic carbocycles. The van der Waals surface area contributed by atoms with E-state index in [1.807, 2.05) is 44.2 Å². The SMILES string of the molecule is CCOc1ccc(CCNC(=O)CCC(=O)c2ccc3c(c2)CCC3)cc1OCC. The van der Waals surface area contributed by atoms with Crippen LogP contribution in [0.15, 0.2) is 36.4 Å². The smallest absolute Gasteiger partial charge is 0.220 e. The molecule has 30 heavy (non-hydrogen) atoms. The molecule has 0 bridgehead atoms. The van der Waals surface area contributed by atoms with Crippen LogP contribution in [0.25, 0.3) is 0 Å². The van der Waals surface area contributed by atoms with Crippen molar-refractivity contribution >= 4 is 11.7 Å². The molecule has 1 N–H and O–H groups in total. The monoisotopic (exact) mass is 409 g/mol. The molecule has 1 amide bonds. The number of carbonyl (C=O) groups excluding carboxylic acids is 2. The Hall–Kier alpha value is -2.82. The van der Waals surface area contributed by atoms with Gasteiger partial charge in [-0.3, -0.25) is 9.59 Å². The van der Waals surface area contributed by atoms with E-state index in [2.05, 4.69) is 11.4 Å². The van der Waals surface area contributed by atoms with Crippen LogP contribution >= 0.6 is 0 Å². The van der Waals surface area contributed by atoms with Crippen LogP contribution in [0.3, 0.4) is 0 Å². The fraction of sp³-hybridized carbons (Fsp3) is 0.440. The van der Waals surface area contributed by atoms with Crippen LogP contribution < -0.4 is 14.8 Å². The van der Waals surface area contributed by atoms with Gasteiger partial charge in [0.15, 0.2) is 17.3 Å². The Morgan fingerprint density at radius 3 is 2.47 bits per heavy atom. The van der Waals surface area contributed by atoms with Gasteiger partial charge in [-0.1, -0.05) is 18.2 Å². The van der Waals surface area contributed by atoms with Crippen LogP contribution in [0.2, 0.25) is 0 Å². The van der Waals surface area contributed by atoms with Gasteiger partial charge in [0, 0.05) is 24.9 Å². The number of carbonyl (C=O) groups is 2. The van der Waals surface area contributed by atoms with E-state index in [9.17, 15) is 9.59 Å². The molecule has 0 aromatic heterocycles. The number of ketones is 1. The van der Waals surface area contributed by atoms with Crippen LogP contribution in [0.4, 0.5) is 0 Å². The summed E-state index contributed by atoms with van der Waals surface area (Å²) in [4.78, 5) is 24.6. The van der Waals surface area contributed by atoms with Crippen molar-refractivity contribution in [1.82, 2.24) is 5.32 Å². The molecule has 2 aromatic rings. The van der Waals surface area contributed by atoms with E-state index in [0.717, 1.165) is 41.9 Å². The normalized spacial score (nSPS) is 12.3. The van der Waals surface area contributed by atoms with Crippen LogP contribution in [0, 0.1) is 0 Å². The summed E-state index contributed by atoms with van der Waals surface area (Å²) in [5.74, 6) is 1.40. The minimum atomic E-state index is -0.0968. The van der Waals surface area contributed by atoms with Crippen LogP contribution in [-0.2, 0) is 24.1 Å². The maximum absolute atomic E-state index is 12.4. The van der Waals surface area contributed by atoms with Crippen molar-refractivity contribution in [2.45, 2.75) is 52.4 Å². The van der Waals surface area contributed by atoms with Gasteiger partial charge in [0.2, 0.25) is 5.91 Å². The molecular formula is C25H31NO4. The predicted molar refractivity (Wildman–Crippen MR) is 118 cm³/mol. The topological polar surface area (TPSA) is 64.6 Å². The zero-order valence-electron chi connectivity index (χ0n) is 18.0. The molecule has 0 atom stereocenters. The summed E-state index contributed by atoms with van der Waals surface area (Å²) < 4.78 is 11.2. The van der Waals surface area contributed by atoms with E-state index < -0.39 is 0 Å². The number of ether oxygens (including phenoxy) is 2. The molecular weight excluding hydrogens is 378 g/mol. The maximum Gasteiger partial charge on any atom is 0.220 e. The third kappa shape index (κ3) is 5.85. The molecule has 3 rings (SSSR count). The van der Waals surface area contributed by atoms with Crippen molar-refractivity contribution in [3.8, 4) is 11.5 Å². The number of rotatable bonds is 11. The highest BCUT2D eigenvalue weighted by molar-refractivity contribution is 5.98. The Balaban J connectivity index is 1.43. The van der Waals surface area contributed by atoms with Gasteiger partial charge in [0.1, 0.15) is 0 Å². The van der Waals surface area contributed by atoms with Gasteiger partial charge in [-0.25, -0.2) is 0 Å². The standard InChI is InChI=1S/C25H31NO4/c1-3-29-23-12-8-18(16-24(23)30-4-2)14-15-26-25(28)13-11-22(27)21-10-9-19-6-5-7-20(19)17-21/h8-10,12,16-17H,3-7,11,13-15H2,1-2H3,(H,26,28). The number of Topliss-reactive ketones (excluding diaryl/α,β-unsaturated/α-hetero) is 1. The Labute approximate surface area is 178 Å².